The number of nitrogens with zero attached hydrogens (tertiary/aromatic N) is 14. The third kappa shape index (κ3) is 14.5. The minimum absolute atomic E-state index is 0. The molecule has 2 saturated heterocycles. The average molecular weight is 1030 g/mol. The molecule has 19 heteroatoms. The largest absolute Gasteiger partial charge is 0.400 e. The molecule has 0 unspecified atom stereocenters. The summed E-state index contributed by atoms with van der Waals surface area (Å²) in [5.74, 6) is 0. The molecule has 354 valence electrons. The Labute approximate surface area is 430 Å². The van der Waals surface area contributed by atoms with Crippen molar-refractivity contribution in [3.63, 3.8) is 0 Å². The molecule has 8 aromatic rings. The fraction of sp³-hybridized carbons (Fsp3) is 0.417. The quantitative estimate of drug-likeness (QED) is 0.149. The Morgan fingerprint density at radius 2 is 0.582 bits per heavy atom. The van der Waals surface area contributed by atoms with Gasteiger partial charge in [-0.05, 0) is 204 Å². The van der Waals surface area contributed by atoms with Gasteiger partial charge < -0.3 is 37.0 Å². The van der Waals surface area contributed by atoms with Gasteiger partial charge in [-0.1, -0.05) is 12.1 Å². The van der Waals surface area contributed by atoms with Gasteiger partial charge in [0.1, 0.15) is 0 Å². The van der Waals surface area contributed by atoms with Crippen LogP contribution in [0, 0.1) is 125 Å². The van der Waals surface area contributed by atoms with Crippen molar-refractivity contribution >= 4 is 14.2 Å². The van der Waals surface area contributed by atoms with Crippen molar-refractivity contribution in [2.24, 2.45) is 0 Å². The second kappa shape index (κ2) is 25.4. The van der Waals surface area contributed by atoms with Gasteiger partial charge in [-0.2, -0.15) is 0 Å². The minimum Gasteiger partial charge on any atom is -0.400 e. The van der Waals surface area contributed by atoms with E-state index in [-0.39, 0.29) is 41.7 Å². The molecular formula is C48H68B2CeN14O2-2. The summed E-state index contributed by atoms with van der Waals surface area (Å²) >= 11 is 0. The first-order chi connectivity index (χ1) is 31.7. The topological polar surface area (TPSA) is 151 Å². The Balaban J connectivity index is 0.000000173. The van der Waals surface area contributed by atoms with Crippen LogP contribution < -0.4 is 0 Å². The summed E-state index contributed by atoms with van der Waals surface area (Å²) < 4.78 is 22.3. The summed E-state index contributed by atoms with van der Waals surface area (Å²) in [5.41, 5.74) is 14.6. The number of ether oxygens (including phenoxy) is 2. The molecule has 10 heterocycles. The van der Waals surface area contributed by atoms with Crippen LogP contribution in [0.15, 0.2) is 85.2 Å². The molecule has 0 bridgehead atoms. The maximum atomic E-state index is 4.94. The van der Waals surface area contributed by atoms with E-state index in [1.165, 1.54) is 25.7 Å². The van der Waals surface area contributed by atoms with Crippen LogP contribution in [-0.4, -0.2) is 109 Å². The number of hydrogen-bond acceptors (Lipinski definition) is 10. The molecule has 2 fully saturated rings. The Bertz CT molecular complexity index is 2310. The summed E-state index contributed by atoms with van der Waals surface area (Å²) in [5, 5.41) is 28.2. The molecule has 0 saturated carbocycles. The van der Waals surface area contributed by atoms with Crippen molar-refractivity contribution in [2.75, 3.05) is 26.4 Å². The van der Waals surface area contributed by atoms with Crippen LogP contribution >= 0.6 is 0 Å². The molecule has 67 heavy (non-hydrogen) atoms. The molecular weight excluding hydrogens is 966 g/mol. The van der Waals surface area contributed by atoms with Crippen molar-refractivity contribution in [1.82, 2.24) is 68.1 Å². The molecule has 0 spiro atoms. The molecule has 0 amide bonds. The standard InChI is InChI=1S/2C15H22BN6.C10H8N2.2C4H8O.Ce/c2*1-10-7-13(4)20(17-10)16(21-14(5)8-11(2)18-21)22-15(6)9-12(3)19-22;1-3-7-11-9(5-1)10-6-2-4-8-12-10;2*1-2-4-5-3-1;/h2*7-9,16H,1-6H3;1-8H;2*1-4H2;/q2*-1;;;;. The van der Waals surface area contributed by atoms with E-state index in [1.807, 2.05) is 77.9 Å². The Morgan fingerprint density at radius 3 is 0.716 bits per heavy atom. The number of aryl methyl sites for hydroxylation is 12. The first-order valence-electron chi connectivity index (χ1n) is 23.2. The van der Waals surface area contributed by atoms with E-state index in [0.29, 0.717) is 0 Å². The van der Waals surface area contributed by atoms with Gasteiger partial charge >= 0.3 is 14.2 Å². The van der Waals surface area contributed by atoms with E-state index < -0.39 is 14.2 Å². The molecule has 0 aromatic carbocycles. The fourth-order valence-electron chi connectivity index (χ4n) is 8.58. The van der Waals surface area contributed by atoms with E-state index in [9.17, 15) is 0 Å². The van der Waals surface area contributed by atoms with Crippen molar-refractivity contribution in [3.8, 4) is 11.4 Å². The predicted octanol–water partition coefficient (Wildman–Crippen LogP) is 7.31. The molecule has 2 aliphatic rings. The first kappa shape index (κ1) is 52.9. The van der Waals surface area contributed by atoms with Crippen LogP contribution in [0.4, 0.5) is 0 Å². The predicted molar refractivity (Wildman–Crippen MR) is 264 cm³/mol. The van der Waals surface area contributed by atoms with Gasteiger partial charge in [0.15, 0.2) is 0 Å². The molecule has 0 aliphatic carbocycles. The molecule has 0 N–H and O–H groups in total. The molecule has 10 rings (SSSR count). The number of hydrogen-bond donors (Lipinski definition) is 0. The monoisotopic (exact) mass is 1030 g/mol. The van der Waals surface area contributed by atoms with Crippen molar-refractivity contribution < 1.29 is 51.2 Å². The zero-order chi connectivity index (χ0) is 47.3. The van der Waals surface area contributed by atoms with E-state index in [0.717, 1.165) is 106 Å². The van der Waals surface area contributed by atoms with E-state index in [2.05, 4.69) is 115 Å². The van der Waals surface area contributed by atoms with E-state index in [4.69, 9.17) is 40.1 Å². The smallest absolute Gasteiger partial charge is 0.326 e. The molecule has 8 aromatic heterocycles. The normalized spacial score (nSPS) is 12.9. The molecule has 0 atom stereocenters. The summed E-state index contributed by atoms with van der Waals surface area (Å²) in [7, 11) is -2.52. The number of pyridine rings is 2. The molecule has 0 radical (unpaired) electrons. The first-order valence-corrected chi connectivity index (χ1v) is 23.2. The number of aromatic nitrogens is 14. The maximum absolute atomic E-state index is 4.94. The van der Waals surface area contributed by atoms with Crippen molar-refractivity contribution in [1.29, 1.82) is 0 Å². The summed E-state index contributed by atoms with van der Waals surface area (Å²) in [4.78, 5) is 8.37. The Morgan fingerprint density at radius 1 is 0.358 bits per heavy atom. The van der Waals surface area contributed by atoms with Crippen LogP contribution in [-0.2, 0) is 9.47 Å². The van der Waals surface area contributed by atoms with Gasteiger partial charge in [-0.3, -0.25) is 9.97 Å². The Hall–Kier alpha value is -5.01. The van der Waals surface area contributed by atoms with Gasteiger partial charge in [-0.15, -0.1) is 0 Å². The van der Waals surface area contributed by atoms with E-state index in [1.54, 1.807) is 12.4 Å². The van der Waals surface area contributed by atoms with Crippen LogP contribution in [0.25, 0.3) is 11.4 Å². The summed E-state index contributed by atoms with van der Waals surface area (Å²) in [6, 6.07) is 24.2. The third-order valence-corrected chi connectivity index (χ3v) is 11.5. The van der Waals surface area contributed by atoms with Crippen LogP contribution in [0.1, 0.15) is 94.0 Å². The summed E-state index contributed by atoms with van der Waals surface area (Å²) in [6.45, 7) is 28.6. The Kier molecular flexibility index (Phi) is 20.1. The zero-order valence-corrected chi connectivity index (χ0v) is 44.9. The van der Waals surface area contributed by atoms with Crippen molar-refractivity contribution in [2.45, 2.75) is 109 Å². The second-order valence-corrected chi connectivity index (χ2v) is 17.5. The molecule has 16 nitrogen and oxygen atoms in total. The van der Waals surface area contributed by atoms with Crippen LogP contribution in [0.3, 0.4) is 0 Å². The molecule has 2 aliphatic heterocycles. The SMILES string of the molecule is C1CCOC1.C1CCOC1.Cc1cc(C)n([BH-](n2nc(C)cc2C)n2nc(C)cc2C)n1.Cc1cc(C)n([BH-](n2nc(C)cc2C)n2nc(C)cc2C)n1.[Ce].c1ccc(-c2ccccn2)nc1. The minimum atomic E-state index is -1.26. The number of rotatable bonds is 7. The van der Waals surface area contributed by atoms with Crippen LogP contribution in [0.5, 0.6) is 0 Å². The van der Waals surface area contributed by atoms with Gasteiger partial charge in [-0.25, -0.2) is 30.6 Å². The van der Waals surface area contributed by atoms with Gasteiger partial charge in [0.2, 0.25) is 0 Å². The summed E-state index contributed by atoms with van der Waals surface area (Å²) in [6.07, 6.45) is 8.65. The average Bonchev–Trinajstić information content (AvgIpc) is 4.16. The van der Waals surface area contributed by atoms with E-state index >= 15 is 0 Å². The van der Waals surface area contributed by atoms with Crippen molar-refractivity contribution in [3.05, 3.63) is 154 Å². The second-order valence-electron chi connectivity index (χ2n) is 17.5. The van der Waals surface area contributed by atoms with Gasteiger partial charge in [0.05, 0.1) is 45.6 Å². The van der Waals surface area contributed by atoms with Gasteiger partial charge in [0, 0.05) is 80.6 Å². The zero-order valence-electron chi connectivity index (χ0n) is 41.7. The van der Waals surface area contributed by atoms with Gasteiger partial charge in [0.25, 0.3) is 0 Å². The maximum Gasteiger partial charge on any atom is 0.326 e. The third-order valence-electron chi connectivity index (χ3n) is 11.5. The van der Waals surface area contributed by atoms with Crippen LogP contribution in [0.2, 0.25) is 0 Å². The fourth-order valence-corrected chi connectivity index (χ4v) is 8.58.